The van der Waals surface area contributed by atoms with E-state index in [0.717, 1.165) is 30.4 Å². The SMILES string of the molecule is OC(CCc1cc(F)cc(F)c1)CNCC12CC3CC(CC(C3)C1)C2. The fraction of sp³-hybridized carbons (Fsp3) is 0.714. The minimum Gasteiger partial charge on any atom is -0.392 e. The number of benzene rings is 1. The molecule has 4 aliphatic rings. The Kier molecular flexibility index (Phi) is 4.85. The minimum atomic E-state index is -0.551. The van der Waals surface area contributed by atoms with Gasteiger partial charge in [-0.15, -0.1) is 0 Å². The van der Waals surface area contributed by atoms with E-state index in [2.05, 4.69) is 5.32 Å². The van der Waals surface area contributed by atoms with Crippen LogP contribution in [0.25, 0.3) is 0 Å². The van der Waals surface area contributed by atoms with Crippen LogP contribution in [0.15, 0.2) is 18.2 Å². The molecule has 4 heteroatoms. The Morgan fingerprint density at radius 3 is 2.12 bits per heavy atom. The van der Waals surface area contributed by atoms with E-state index >= 15 is 0 Å². The van der Waals surface area contributed by atoms with Crippen LogP contribution in [0, 0.1) is 34.8 Å². The second kappa shape index (κ2) is 6.96. The van der Waals surface area contributed by atoms with E-state index in [9.17, 15) is 13.9 Å². The number of halogens is 2. The first-order valence-corrected chi connectivity index (χ1v) is 9.83. The highest BCUT2D eigenvalue weighted by Crippen LogP contribution is 2.59. The predicted octanol–water partition coefficient (Wildman–Crippen LogP) is 4.06. The average Bonchev–Trinajstić information content (AvgIpc) is 2.50. The Labute approximate surface area is 149 Å². The van der Waals surface area contributed by atoms with Crippen molar-refractivity contribution >= 4 is 0 Å². The highest BCUT2D eigenvalue weighted by molar-refractivity contribution is 5.18. The summed E-state index contributed by atoms with van der Waals surface area (Å²) in [6.07, 6.45) is 9.00. The van der Waals surface area contributed by atoms with Gasteiger partial charge in [0.15, 0.2) is 0 Å². The summed E-state index contributed by atoms with van der Waals surface area (Å²) >= 11 is 0. The van der Waals surface area contributed by atoms with Gasteiger partial charge < -0.3 is 10.4 Å². The molecule has 0 amide bonds. The zero-order valence-corrected chi connectivity index (χ0v) is 14.8. The maximum absolute atomic E-state index is 13.2. The molecule has 0 aliphatic heterocycles. The van der Waals surface area contributed by atoms with Crippen molar-refractivity contribution < 1.29 is 13.9 Å². The van der Waals surface area contributed by atoms with Gasteiger partial charge in [0, 0.05) is 19.2 Å². The van der Waals surface area contributed by atoms with Crippen LogP contribution in [0.4, 0.5) is 8.78 Å². The van der Waals surface area contributed by atoms with E-state index in [1.54, 1.807) is 0 Å². The molecule has 25 heavy (non-hydrogen) atoms. The maximum Gasteiger partial charge on any atom is 0.126 e. The van der Waals surface area contributed by atoms with Gasteiger partial charge in [0.1, 0.15) is 11.6 Å². The van der Waals surface area contributed by atoms with Crippen molar-refractivity contribution in [2.45, 2.75) is 57.5 Å². The molecule has 2 N–H and O–H groups in total. The summed E-state index contributed by atoms with van der Waals surface area (Å²) < 4.78 is 26.4. The summed E-state index contributed by atoms with van der Waals surface area (Å²) in [5.41, 5.74) is 1.08. The van der Waals surface area contributed by atoms with Crippen LogP contribution in [0.5, 0.6) is 0 Å². The van der Waals surface area contributed by atoms with Crippen molar-refractivity contribution in [3.63, 3.8) is 0 Å². The van der Waals surface area contributed by atoms with Crippen LogP contribution in [0.2, 0.25) is 0 Å². The molecule has 1 atom stereocenters. The van der Waals surface area contributed by atoms with Crippen LogP contribution >= 0.6 is 0 Å². The molecule has 4 fully saturated rings. The molecule has 0 saturated heterocycles. The lowest BCUT2D eigenvalue weighted by Gasteiger charge is -2.57. The first-order valence-electron chi connectivity index (χ1n) is 9.83. The standard InChI is InChI=1S/C21H29F2NO/c22-18-6-14(7-19(23)8-18)1-2-20(25)12-24-13-21-9-15-3-16(10-21)5-17(4-15)11-21/h6-8,15-17,20,24-25H,1-5,9-13H2. The van der Waals surface area contributed by atoms with E-state index in [4.69, 9.17) is 0 Å². The third-order valence-corrected chi connectivity index (χ3v) is 6.73. The average molecular weight is 349 g/mol. The number of aliphatic hydroxyl groups excluding tert-OH is 1. The van der Waals surface area contributed by atoms with Gasteiger partial charge in [-0.3, -0.25) is 0 Å². The third-order valence-electron chi connectivity index (χ3n) is 6.73. The van der Waals surface area contributed by atoms with E-state index < -0.39 is 17.7 Å². The van der Waals surface area contributed by atoms with E-state index in [0.29, 0.717) is 30.4 Å². The predicted molar refractivity (Wildman–Crippen MR) is 94.2 cm³/mol. The molecular formula is C21H29F2NO. The van der Waals surface area contributed by atoms with Crippen LogP contribution in [-0.4, -0.2) is 24.3 Å². The van der Waals surface area contributed by atoms with Gasteiger partial charge in [0.05, 0.1) is 6.10 Å². The van der Waals surface area contributed by atoms with Gasteiger partial charge in [-0.2, -0.15) is 0 Å². The Hall–Kier alpha value is -1.00. The Morgan fingerprint density at radius 2 is 1.56 bits per heavy atom. The first-order chi connectivity index (χ1) is 12.0. The summed E-state index contributed by atoms with van der Waals surface area (Å²) in [6, 6.07) is 3.57. The lowest BCUT2D eigenvalue weighted by molar-refractivity contribution is -0.0521. The zero-order valence-electron chi connectivity index (χ0n) is 14.8. The van der Waals surface area contributed by atoms with Crippen LogP contribution < -0.4 is 5.32 Å². The summed E-state index contributed by atoms with van der Waals surface area (Å²) in [4.78, 5) is 0. The van der Waals surface area contributed by atoms with E-state index in [-0.39, 0.29) is 0 Å². The summed E-state index contributed by atoms with van der Waals surface area (Å²) in [5.74, 6) is 1.73. The molecule has 0 heterocycles. The van der Waals surface area contributed by atoms with Crippen LogP contribution in [0.3, 0.4) is 0 Å². The molecule has 138 valence electrons. The summed E-state index contributed by atoms with van der Waals surface area (Å²) in [6.45, 7) is 1.59. The molecule has 0 spiro atoms. The molecule has 0 radical (unpaired) electrons. The Morgan fingerprint density at radius 1 is 1.00 bits per heavy atom. The molecule has 1 aromatic rings. The molecule has 4 saturated carbocycles. The van der Waals surface area contributed by atoms with Crippen molar-refractivity contribution in [2.75, 3.05) is 13.1 Å². The summed E-state index contributed by atoms with van der Waals surface area (Å²) in [5, 5.41) is 13.7. The number of rotatable bonds is 7. The van der Waals surface area contributed by atoms with E-state index in [1.807, 2.05) is 0 Å². The normalized spacial score (nSPS) is 34.4. The molecule has 5 rings (SSSR count). The monoisotopic (exact) mass is 349 g/mol. The van der Waals surface area contributed by atoms with Crippen LogP contribution in [-0.2, 0) is 6.42 Å². The molecule has 2 nitrogen and oxygen atoms in total. The minimum absolute atomic E-state index is 0.472. The lowest BCUT2D eigenvalue weighted by atomic mass is 9.49. The number of aryl methyl sites for hydroxylation is 1. The molecule has 4 bridgehead atoms. The zero-order chi connectivity index (χ0) is 17.4. The number of hydrogen-bond acceptors (Lipinski definition) is 2. The molecule has 4 aliphatic carbocycles. The van der Waals surface area contributed by atoms with Crippen molar-refractivity contribution in [3.8, 4) is 0 Å². The summed E-state index contributed by atoms with van der Waals surface area (Å²) in [7, 11) is 0. The maximum atomic E-state index is 13.2. The molecule has 0 aromatic heterocycles. The van der Waals surface area contributed by atoms with E-state index in [1.165, 1.54) is 50.7 Å². The molecule has 1 unspecified atom stereocenters. The largest absolute Gasteiger partial charge is 0.392 e. The van der Waals surface area contributed by atoms with Crippen molar-refractivity contribution in [3.05, 3.63) is 35.4 Å². The highest BCUT2D eigenvalue weighted by atomic mass is 19.1. The Balaban J connectivity index is 1.22. The molecular weight excluding hydrogens is 320 g/mol. The third kappa shape index (κ3) is 4.06. The van der Waals surface area contributed by atoms with Gasteiger partial charge in [0.2, 0.25) is 0 Å². The van der Waals surface area contributed by atoms with Crippen molar-refractivity contribution in [1.29, 1.82) is 0 Å². The second-order valence-corrected chi connectivity index (χ2v) is 9.02. The fourth-order valence-electron chi connectivity index (χ4n) is 6.20. The van der Waals surface area contributed by atoms with Crippen molar-refractivity contribution in [2.24, 2.45) is 23.2 Å². The van der Waals surface area contributed by atoms with Gasteiger partial charge in [0.25, 0.3) is 0 Å². The van der Waals surface area contributed by atoms with Gasteiger partial charge >= 0.3 is 0 Å². The highest BCUT2D eigenvalue weighted by Gasteiger charge is 2.50. The Bertz CT molecular complexity index is 562. The topological polar surface area (TPSA) is 32.3 Å². The van der Waals surface area contributed by atoms with Gasteiger partial charge in [-0.1, -0.05) is 0 Å². The second-order valence-electron chi connectivity index (χ2n) is 9.02. The van der Waals surface area contributed by atoms with Gasteiger partial charge in [-0.25, -0.2) is 8.78 Å². The lowest BCUT2D eigenvalue weighted by Crippen LogP contribution is -2.51. The number of nitrogens with one attached hydrogen (secondary N) is 1. The smallest absolute Gasteiger partial charge is 0.126 e. The quantitative estimate of drug-likeness (QED) is 0.778. The number of aliphatic hydroxyl groups is 1. The van der Waals surface area contributed by atoms with Crippen LogP contribution in [0.1, 0.15) is 50.5 Å². The first kappa shape index (κ1) is 17.4. The van der Waals surface area contributed by atoms with Crippen molar-refractivity contribution in [1.82, 2.24) is 5.32 Å². The number of hydrogen-bond donors (Lipinski definition) is 2. The fourth-order valence-corrected chi connectivity index (χ4v) is 6.20. The molecule has 1 aromatic carbocycles. The van der Waals surface area contributed by atoms with Gasteiger partial charge in [-0.05, 0) is 92.2 Å².